The van der Waals surface area contributed by atoms with Crippen LogP contribution < -0.4 is 10.1 Å². The minimum absolute atomic E-state index is 0.686. The summed E-state index contributed by atoms with van der Waals surface area (Å²) in [7, 11) is 1.86. The van der Waals surface area contributed by atoms with Crippen molar-refractivity contribution in [3.8, 4) is 11.5 Å². The Morgan fingerprint density at radius 1 is 1.19 bits per heavy atom. The standard InChI is InChI=1S/C16H14BrN3O/c1-10-15(21-12-7-11(17)8-19-9-12)13-5-3-4-6-14(13)20-16(10)18-2/h3-9H,1-2H3,(H,18,20). The first-order valence-electron chi connectivity index (χ1n) is 6.54. The zero-order valence-corrected chi connectivity index (χ0v) is 13.3. The Labute approximate surface area is 131 Å². The van der Waals surface area contributed by atoms with Crippen molar-refractivity contribution in [2.75, 3.05) is 12.4 Å². The summed E-state index contributed by atoms with van der Waals surface area (Å²) >= 11 is 3.40. The van der Waals surface area contributed by atoms with Gasteiger partial charge in [-0.25, -0.2) is 4.98 Å². The number of hydrogen-bond acceptors (Lipinski definition) is 4. The van der Waals surface area contributed by atoms with Crippen LogP contribution in [0.1, 0.15) is 5.56 Å². The summed E-state index contributed by atoms with van der Waals surface area (Å²) in [5.41, 5.74) is 1.86. The second-order valence-electron chi connectivity index (χ2n) is 4.62. The van der Waals surface area contributed by atoms with Gasteiger partial charge >= 0.3 is 0 Å². The van der Waals surface area contributed by atoms with Gasteiger partial charge in [-0.3, -0.25) is 4.98 Å². The Kier molecular flexibility index (Phi) is 3.75. The highest BCUT2D eigenvalue weighted by molar-refractivity contribution is 9.10. The third kappa shape index (κ3) is 2.69. The molecule has 21 heavy (non-hydrogen) atoms. The summed E-state index contributed by atoms with van der Waals surface area (Å²) in [6, 6.07) is 9.82. The Bertz CT molecular complexity index is 805. The summed E-state index contributed by atoms with van der Waals surface area (Å²) in [4.78, 5) is 8.73. The molecule has 0 aliphatic carbocycles. The number of anilines is 1. The number of rotatable bonds is 3. The van der Waals surface area contributed by atoms with Crippen LogP contribution in [0.3, 0.4) is 0 Å². The molecule has 3 rings (SSSR count). The molecule has 0 saturated heterocycles. The van der Waals surface area contributed by atoms with E-state index < -0.39 is 0 Å². The summed E-state index contributed by atoms with van der Waals surface area (Å²) in [6.07, 6.45) is 3.42. The van der Waals surface area contributed by atoms with E-state index in [4.69, 9.17) is 4.74 Å². The maximum atomic E-state index is 6.07. The number of aromatic nitrogens is 2. The molecule has 0 radical (unpaired) electrons. The van der Waals surface area contributed by atoms with E-state index in [1.807, 2.05) is 44.3 Å². The fourth-order valence-electron chi connectivity index (χ4n) is 2.22. The Hall–Kier alpha value is -2.14. The van der Waals surface area contributed by atoms with Gasteiger partial charge in [0, 0.05) is 28.7 Å². The zero-order valence-electron chi connectivity index (χ0n) is 11.7. The lowest BCUT2D eigenvalue weighted by atomic mass is 10.1. The van der Waals surface area contributed by atoms with Gasteiger partial charge < -0.3 is 10.1 Å². The molecule has 0 aliphatic rings. The average Bonchev–Trinajstić information content (AvgIpc) is 2.50. The molecule has 0 atom stereocenters. The number of nitrogens with zero attached hydrogens (tertiary/aromatic N) is 2. The smallest absolute Gasteiger partial charge is 0.146 e. The summed E-state index contributed by atoms with van der Waals surface area (Å²) in [6.45, 7) is 1.99. The van der Waals surface area contributed by atoms with E-state index in [-0.39, 0.29) is 0 Å². The molecule has 3 aromatic rings. The highest BCUT2D eigenvalue weighted by atomic mass is 79.9. The van der Waals surface area contributed by atoms with Crippen molar-refractivity contribution in [2.45, 2.75) is 6.92 Å². The van der Waals surface area contributed by atoms with E-state index in [1.54, 1.807) is 12.4 Å². The lowest BCUT2D eigenvalue weighted by Crippen LogP contribution is -1.99. The van der Waals surface area contributed by atoms with Gasteiger partial charge in [0.05, 0.1) is 11.7 Å². The Morgan fingerprint density at radius 3 is 2.76 bits per heavy atom. The van der Waals surface area contributed by atoms with Gasteiger partial charge in [-0.05, 0) is 41.1 Å². The van der Waals surface area contributed by atoms with Crippen molar-refractivity contribution >= 4 is 32.7 Å². The molecule has 0 fully saturated rings. The lowest BCUT2D eigenvalue weighted by Gasteiger charge is -2.14. The van der Waals surface area contributed by atoms with Crippen molar-refractivity contribution in [1.82, 2.24) is 9.97 Å². The molecule has 4 nitrogen and oxygen atoms in total. The predicted octanol–water partition coefficient (Wildman–Crippen LogP) is 4.53. The van der Waals surface area contributed by atoms with Gasteiger partial charge in [-0.15, -0.1) is 0 Å². The van der Waals surface area contributed by atoms with Crippen molar-refractivity contribution in [3.63, 3.8) is 0 Å². The molecule has 106 valence electrons. The molecule has 2 aromatic heterocycles. The maximum absolute atomic E-state index is 6.07. The first-order valence-corrected chi connectivity index (χ1v) is 7.34. The number of benzene rings is 1. The van der Waals surface area contributed by atoms with E-state index in [0.29, 0.717) is 5.75 Å². The topological polar surface area (TPSA) is 47.0 Å². The molecule has 0 saturated carbocycles. The molecule has 0 spiro atoms. The quantitative estimate of drug-likeness (QED) is 0.758. The van der Waals surface area contributed by atoms with Crippen molar-refractivity contribution in [1.29, 1.82) is 0 Å². The van der Waals surface area contributed by atoms with Gasteiger partial charge in [0.25, 0.3) is 0 Å². The van der Waals surface area contributed by atoms with Crippen LogP contribution in [0.4, 0.5) is 5.82 Å². The van der Waals surface area contributed by atoms with Gasteiger partial charge in [0.15, 0.2) is 0 Å². The van der Waals surface area contributed by atoms with E-state index in [2.05, 4.69) is 31.2 Å². The molecule has 0 unspecified atom stereocenters. The molecular formula is C16H14BrN3O. The minimum Gasteiger partial charge on any atom is -0.455 e. The molecule has 0 aliphatic heterocycles. The van der Waals surface area contributed by atoms with E-state index in [0.717, 1.165) is 32.5 Å². The highest BCUT2D eigenvalue weighted by Crippen LogP contribution is 2.36. The van der Waals surface area contributed by atoms with Crippen LogP contribution in [0.15, 0.2) is 47.2 Å². The number of pyridine rings is 2. The first kappa shape index (κ1) is 13.8. The fraction of sp³-hybridized carbons (Fsp3) is 0.125. The number of nitrogens with one attached hydrogen (secondary N) is 1. The monoisotopic (exact) mass is 343 g/mol. The molecule has 0 bridgehead atoms. The Morgan fingerprint density at radius 2 is 2.00 bits per heavy atom. The van der Waals surface area contributed by atoms with Gasteiger partial charge in [-0.1, -0.05) is 12.1 Å². The normalized spacial score (nSPS) is 10.6. The van der Waals surface area contributed by atoms with Crippen LogP contribution in [0, 0.1) is 6.92 Å². The number of hydrogen-bond donors (Lipinski definition) is 1. The average molecular weight is 344 g/mol. The molecule has 5 heteroatoms. The summed E-state index contributed by atoms with van der Waals surface area (Å²) in [5.74, 6) is 2.29. The molecule has 2 heterocycles. The fourth-order valence-corrected chi connectivity index (χ4v) is 2.56. The van der Waals surface area contributed by atoms with Crippen LogP contribution >= 0.6 is 15.9 Å². The van der Waals surface area contributed by atoms with Crippen LogP contribution in [0.5, 0.6) is 11.5 Å². The second-order valence-corrected chi connectivity index (χ2v) is 5.54. The van der Waals surface area contributed by atoms with Crippen LogP contribution in [0.25, 0.3) is 10.9 Å². The van der Waals surface area contributed by atoms with E-state index in [9.17, 15) is 0 Å². The van der Waals surface area contributed by atoms with Gasteiger partial charge in [0.2, 0.25) is 0 Å². The largest absolute Gasteiger partial charge is 0.455 e. The van der Waals surface area contributed by atoms with Crippen LogP contribution in [-0.2, 0) is 0 Å². The van der Waals surface area contributed by atoms with Crippen molar-refractivity contribution < 1.29 is 4.74 Å². The number of ether oxygens (including phenoxy) is 1. The maximum Gasteiger partial charge on any atom is 0.146 e. The van der Waals surface area contributed by atoms with Crippen molar-refractivity contribution in [3.05, 3.63) is 52.8 Å². The lowest BCUT2D eigenvalue weighted by molar-refractivity contribution is 0.481. The van der Waals surface area contributed by atoms with Gasteiger partial charge in [0.1, 0.15) is 17.3 Å². The van der Waals surface area contributed by atoms with Crippen molar-refractivity contribution in [2.24, 2.45) is 0 Å². The summed E-state index contributed by atoms with van der Waals surface area (Å²) < 4.78 is 6.95. The first-order chi connectivity index (χ1) is 10.2. The molecule has 1 aromatic carbocycles. The van der Waals surface area contributed by atoms with Crippen LogP contribution in [-0.4, -0.2) is 17.0 Å². The van der Waals surface area contributed by atoms with E-state index in [1.165, 1.54) is 0 Å². The molecular weight excluding hydrogens is 330 g/mol. The highest BCUT2D eigenvalue weighted by Gasteiger charge is 2.13. The SMILES string of the molecule is CNc1nc2ccccc2c(Oc2cncc(Br)c2)c1C. The molecule has 1 N–H and O–H groups in total. The zero-order chi connectivity index (χ0) is 14.8. The van der Waals surface area contributed by atoms with E-state index >= 15 is 0 Å². The third-order valence-electron chi connectivity index (χ3n) is 3.21. The third-order valence-corrected chi connectivity index (χ3v) is 3.65. The number of fused-ring (bicyclic) bond motifs is 1. The van der Waals surface area contributed by atoms with Crippen LogP contribution in [0.2, 0.25) is 0 Å². The van der Waals surface area contributed by atoms with Gasteiger partial charge in [-0.2, -0.15) is 0 Å². The predicted molar refractivity (Wildman–Crippen MR) is 88.0 cm³/mol. The number of para-hydroxylation sites is 1. The number of halogens is 1. The second kappa shape index (κ2) is 5.69. The minimum atomic E-state index is 0.686. The summed E-state index contributed by atoms with van der Waals surface area (Å²) in [5, 5.41) is 4.09. The molecule has 0 amide bonds. The Balaban J connectivity index is 2.18.